The van der Waals surface area contributed by atoms with E-state index < -0.39 is 0 Å². The van der Waals surface area contributed by atoms with E-state index in [1.807, 2.05) is 44.2 Å². The molecule has 1 aliphatic rings. The second kappa shape index (κ2) is 11.8. The first kappa shape index (κ1) is 26.2. The summed E-state index contributed by atoms with van der Waals surface area (Å²) in [5.41, 5.74) is 4.28. The number of nitrogens with zero attached hydrogens (tertiary/aromatic N) is 1. The number of halogens is 2. The van der Waals surface area contributed by atoms with Crippen LogP contribution in [0.25, 0.3) is 21.5 Å². The Balaban J connectivity index is 0.000000148. The lowest BCUT2D eigenvalue weighted by atomic mass is 10.00. The molecule has 0 unspecified atom stereocenters. The third kappa shape index (κ3) is 6.81. The number of likely N-dealkylation sites (tertiary alicyclic amines) is 1. The summed E-state index contributed by atoms with van der Waals surface area (Å²) in [5.74, 6) is 0.878. The third-order valence-electron chi connectivity index (χ3n) is 6.61. The van der Waals surface area contributed by atoms with Crippen LogP contribution in [-0.4, -0.2) is 25.0 Å². The fourth-order valence-corrected chi connectivity index (χ4v) is 4.41. The van der Waals surface area contributed by atoms with E-state index in [2.05, 4.69) is 56.1 Å². The molecule has 0 amide bonds. The van der Waals surface area contributed by atoms with E-state index >= 15 is 0 Å². The number of benzene rings is 4. The van der Waals surface area contributed by atoms with Gasteiger partial charge in [0.2, 0.25) is 0 Å². The molecule has 0 aromatic heterocycles. The van der Waals surface area contributed by atoms with Crippen molar-refractivity contribution in [3.63, 3.8) is 0 Å². The first-order valence-electron chi connectivity index (χ1n) is 12.1. The van der Waals surface area contributed by atoms with Crippen molar-refractivity contribution in [3.05, 3.63) is 93.8 Å². The van der Waals surface area contributed by atoms with Crippen molar-refractivity contribution in [2.24, 2.45) is 5.92 Å². The molecular weight excluding hydrogens is 441 g/mol. The second-order valence-corrected chi connectivity index (χ2v) is 10.2. The van der Waals surface area contributed by atoms with Crippen molar-refractivity contribution < 1.29 is 4.39 Å². The predicted octanol–water partition coefficient (Wildman–Crippen LogP) is 9.05. The number of aryl methyl sites for hydroxylation is 4. The van der Waals surface area contributed by atoms with Gasteiger partial charge in [0.05, 0.1) is 5.02 Å². The molecule has 0 N–H and O–H groups in total. The molecule has 0 saturated carbocycles. The summed E-state index contributed by atoms with van der Waals surface area (Å²) in [7, 11) is 2.20. The Hall–Kier alpha value is -2.42. The van der Waals surface area contributed by atoms with E-state index in [0.29, 0.717) is 10.9 Å². The first-order chi connectivity index (χ1) is 16.2. The molecule has 0 radical (unpaired) electrons. The van der Waals surface area contributed by atoms with Gasteiger partial charge in [0.15, 0.2) is 0 Å². The van der Waals surface area contributed by atoms with Crippen molar-refractivity contribution in [2.45, 2.75) is 47.5 Å². The largest absolute Gasteiger partial charge is 0.306 e. The number of piperidine rings is 1. The summed E-state index contributed by atoms with van der Waals surface area (Å²) in [6.07, 6.45) is 2.80. The lowest BCUT2D eigenvalue weighted by molar-refractivity contribution is 0.230. The van der Waals surface area contributed by atoms with Crippen LogP contribution in [-0.2, 0) is 0 Å². The Bertz CT molecular complexity index is 1160. The molecule has 0 atom stereocenters. The van der Waals surface area contributed by atoms with Gasteiger partial charge in [-0.2, -0.15) is 0 Å². The minimum absolute atomic E-state index is 0.0995. The SMILES string of the molecule is CC1CCN(C)CC1.Cc1ccc2c(Cl)c(C)ccc2c1.Cc1ccc2c(F)c(C)ccc2c1. The maximum Gasteiger partial charge on any atom is 0.133 e. The number of rotatable bonds is 0. The molecule has 3 heteroatoms. The molecule has 34 heavy (non-hydrogen) atoms. The van der Waals surface area contributed by atoms with Crippen molar-refractivity contribution in [1.29, 1.82) is 0 Å². The maximum absolute atomic E-state index is 13.5. The molecular formula is C31H37ClFN. The van der Waals surface area contributed by atoms with Crippen LogP contribution < -0.4 is 0 Å². The van der Waals surface area contributed by atoms with Crippen LogP contribution in [0.4, 0.5) is 4.39 Å². The normalized spacial score (nSPS) is 14.4. The molecule has 180 valence electrons. The second-order valence-electron chi connectivity index (χ2n) is 9.83. The molecule has 4 aromatic rings. The summed E-state index contributed by atoms with van der Waals surface area (Å²) in [4.78, 5) is 2.40. The summed E-state index contributed by atoms with van der Waals surface area (Å²) >= 11 is 6.18. The molecule has 1 aliphatic heterocycles. The molecule has 5 rings (SSSR count). The van der Waals surface area contributed by atoms with Crippen LogP contribution in [0.1, 0.15) is 42.0 Å². The van der Waals surface area contributed by atoms with Gasteiger partial charge in [-0.3, -0.25) is 0 Å². The topological polar surface area (TPSA) is 3.24 Å². The highest BCUT2D eigenvalue weighted by Crippen LogP contribution is 2.27. The van der Waals surface area contributed by atoms with Gasteiger partial charge < -0.3 is 4.90 Å². The van der Waals surface area contributed by atoms with E-state index in [4.69, 9.17) is 11.6 Å². The van der Waals surface area contributed by atoms with E-state index in [1.54, 1.807) is 6.92 Å². The van der Waals surface area contributed by atoms with Crippen molar-refractivity contribution in [2.75, 3.05) is 20.1 Å². The van der Waals surface area contributed by atoms with E-state index in [9.17, 15) is 4.39 Å². The van der Waals surface area contributed by atoms with Crippen LogP contribution in [0.3, 0.4) is 0 Å². The van der Waals surface area contributed by atoms with Crippen LogP contribution >= 0.6 is 11.6 Å². The smallest absolute Gasteiger partial charge is 0.133 e. The van der Waals surface area contributed by atoms with Gasteiger partial charge in [-0.1, -0.05) is 90.3 Å². The molecule has 1 nitrogen and oxygen atoms in total. The standard InChI is InChI=1S/C12H11Cl.C12H11F.C7H15N/c2*1-8-3-6-11-10(7-8)5-4-9(2)12(11)13;1-7-3-5-8(2)6-4-7/h2*3-7H,1-2H3;7H,3-6H2,1-2H3. The first-order valence-corrected chi connectivity index (χ1v) is 12.5. The Morgan fingerprint density at radius 2 is 1.24 bits per heavy atom. The number of hydrogen-bond acceptors (Lipinski definition) is 1. The van der Waals surface area contributed by atoms with Crippen LogP contribution in [0.15, 0.2) is 60.7 Å². The number of hydrogen-bond donors (Lipinski definition) is 0. The van der Waals surface area contributed by atoms with E-state index in [0.717, 1.165) is 32.8 Å². The zero-order chi connectivity index (χ0) is 24.8. The lowest BCUT2D eigenvalue weighted by Gasteiger charge is -2.26. The van der Waals surface area contributed by atoms with Crippen molar-refractivity contribution in [1.82, 2.24) is 4.90 Å². The Morgan fingerprint density at radius 3 is 1.79 bits per heavy atom. The summed E-state index contributed by atoms with van der Waals surface area (Å²) < 4.78 is 13.5. The Kier molecular flexibility index (Phi) is 9.10. The van der Waals surface area contributed by atoms with Crippen molar-refractivity contribution >= 4 is 33.1 Å². The van der Waals surface area contributed by atoms with E-state index in [-0.39, 0.29) is 5.82 Å². The fraction of sp³-hybridized carbons (Fsp3) is 0.355. The van der Waals surface area contributed by atoms with Gasteiger partial charge in [0.1, 0.15) is 5.82 Å². The van der Waals surface area contributed by atoms with Gasteiger partial charge in [-0.05, 0) is 88.5 Å². The molecule has 1 heterocycles. The van der Waals surface area contributed by atoms with Gasteiger partial charge in [-0.15, -0.1) is 0 Å². The van der Waals surface area contributed by atoms with Crippen LogP contribution in [0, 0.1) is 39.4 Å². The van der Waals surface area contributed by atoms with Gasteiger partial charge in [0.25, 0.3) is 0 Å². The monoisotopic (exact) mass is 477 g/mol. The van der Waals surface area contributed by atoms with Crippen molar-refractivity contribution in [3.8, 4) is 0 Å². The maximum atomic E-state index is 13.5. The molecule has 0 aliphatic carbocycles. The summed E-state index contributed by atoms with van der Waals surface area (Å²) in [5, 5.41) is 4.93. The van der Waals surface area contributed by atoms with E-state index in [1.165, 1.54) is 36.9 Å². The summed E-state index contributed by atoms with van der Waals surface area (Å²) in [6.45, 7) is 12.9. The Labute approximate surface area is 209 Å². The quantitative estimate of drug-likeness (QED) is 0.244. The number of fused-ring (bicyclic) bond motifs is 2. The zero-order valence-corrected chi connectivity index (χ0v) is 22.1. The molecule has 0 bridgehead atoms. The third-order valence-corrected chi connectivity index (χ3v) is 7.11. The molecule has 4 aromatic carbocycles. The Morgan fingerprint density at radius 1 is 0.735 bits per heavy atom. The fourth-order valence-electron chi connectivity index (χ4n) is 4.18. The summed E-state index contributed by atoms with van der Waals surface area (Å²) in [6, 6.07) is 20.1. The van der Waals surface area contributed by atoms with Crippen LogP contribution in [0.5, 0.6) is 0 Å². The van der Waals surface area contributed by atoms with Gasteiger partial charge >= 0.3 is 0 Å². The highest BCUT2D eigenvalue weighted by Gasteiger charge is 2.10. The average molecular weight is 478 g/mol. The highest BCUT2D eigenvalue weighted by atomic mass is 35.5. The highest BCUT2D eigenvalue weighted by molar-refractivity contribution is 6.36. The van der Waals surface area contributed by atoms with Crippen LogP contribution in [0.2, 0.25) is 5.02 Å². The predicted molar refractivity (Wildman–Crippen MR) is 148 cm³/mol. The van der Waals surface area contributed by atoms with Gasteiger partial charge in [0, 0.05) is 10.8 Å². The molecule has 0 spiro atoms. The molecule has 1 fully saturated rings. The molecule has 1 saturated heterocycles. The zero-order valence-electron chi connectivity index (χ0n) is 21.4. The van der Waals surface area contributed by atoms with Gasteiger partial charge in [-0.25, -0.2) is 4.39 Å². The minimum Gasteiger partial charge on any atom is -0.306 e. The average Bonchev–Trinajstić information content (AvgIpc) is 2.82. The lowest BCUT2D eigenvalue weighted by Crippen LogP contribution is -2.28. The minimum atomic E-state index is -0.0995.